The molecule has 1 atom stereocenters. The molecule has 0 aromatic carbocycles. The van der Waals surface area contributed by atoms with E-state index in [1.54, 1.807) is 0 Å². The summed E-state index contributed by atoms with van der Waals surface area (Å²) < 4.78 is 0. The first kappa shape index (κ1) is 14.0. The van der Waals surface area contributed by atoms with E-state index in [1.807, 2.05) is 0 Å². The van der Waals surface area contributed by atoms with Gasteiger partial charge in [0.25, 0.3) is 0 Å². The minimum Gasteiger partial charge on any atom is -0.316 e. The lowest BCUT2D eigenvalue weighted by atomic mass is 9.86. The molecule has 96 valence electrons. The van der Waals surface area contributed by atoms with E-state index >= 15 is 0 Å². The third-order valence-electron chi connectivity index (χ3n) is 3.89. The smallest absolute Gasteiger partial charge is 0.00965 e. The highest BCUT2D eigenvalue weighted by atomic mass is 15.2. The van der Waals surface area contributed by atoms with Gasteiger partial charge in [-0.05, 0) is 44.2 Å². The van der Waals surface area contributed by atoms with Crippen molar-refractivity contribution >= 4 is 0 Å². The molecule has 0 aromatic rings. The molecule has 0 bridgehead atoms. The third kappa shape index (κ3) is 4.42. The largest absolute Gasteiger partial charge is 0.316 e. The number of nitrogens with one attached hydrogen (secondary N) is 1. The summed E-state index contributed by atoms with van der Waals surface area (Å²) in [6.07, 6.45) is 5.36. The molecule has 0 radical (unpaired) electrons. The van der Waals surface area contributed by atoms with E-state index in [2.05, 4.69) is 37.9 Å². The Kier molecular flexibility index (Phi) is 5.77. The Morgan fingerprint density at radius 2 is 1.94 bits per heavy atom. The van der Waals surface area contributed by atoms with Gasteiger partial charge in [-0.25, -0.2) is 0 Å². The van der Waals surface area contributed by atoms with E-state index in [1.165, 1.54) is 45.3 Å². The van der Waals surface area contributed by atoms with Crippen LogP contribution in [-0.4, -0.2) is 37.1 Å². The first-order valence-corrected chi connectivity index (χ1v) is 7.10. The van der Waals surface area contributed by atoms with Crippen molar-refractivity contribution in [2.75, 3.05) is 26.2 Å². The molecular formula is C14H30N2. The Hall–Kier alpha value is -0.0800. The predicted molar refractivity (Wildman–Crippen MR) is 71.8 cm³/mol. The summed E-state index contributed by atoms with van der Waals surface area (Å²) in [4.78, 5) is 2.68. The van der Waals surface area contributed by atoms with Gasteiger partial charge in [-0.3, -0.25) is 0 Å². The molecule has 1 N–H and O–H groups in total. The molecule has 16 heavy (non-hydrogen) atoms. The second-order valence-electron chi connectivity index (χ2n) is 5.64. The van der Waals surface area contributed by atoms with Gasteiger partial charge in [0.05, 0.1) is 0 Å². The second-order valence-corrected chi connectivity index (χ2v) is 5.64. The summed E-state index contributed by atoms with van der Waals surface area (Å²) >= 11 is 0. The minimum atomic E-state index is 0.452. The van der Waals surface area contributed by atoms with Gasteiger partial charge in [-0.2, -0.15) is 0 Å². The Labute approximate surface area is 102 Å². The molecule has 1 aliphatic rings. The van der Waals surface area contributed by atoms with E-state index in [0.717, 1.165) is 12.6 Å². The number of hydrogen-bond donors (Lipinski definition) is 1. The van der Waals surface area contributed by atoms with E-state index in [0.29, 0.717) is 5.41 Å². The fourth-order valence-electron chi connectivity index (χ4n) is 2.29. The van der Waals surface area contributed by atoms with E-state index < -0.39 is 0 Å². The van der Waals surface area contributed by atoms with Crippen molar-refractivity contribution in [3.05, 3.63) is 0 Å². The number of rotatable bonds is 9. The first-order valence-electron chi connectivity index (χ1n) is 7.10. The molecule has 1 saturated carbocycles. The van der Waals surface area contributed by atoms with Crippen LogP contribution in [-0.2, 0) is 0 Å². The second kappa shape index (κ2) is 6.61. The molecule has 2 nitrogen and oxygen atoms in total. The molecular weight excluding hydrogens is 196 g/mol. The fourth-order valence-corrected chi connectivity index (χ4v) is 2.29. The molecule has 1 fully saturated rings. The fraction of sp³-hybridized carbons (Fsp3) is 1.00. The van der Waals surface area contributed by atoms with E-state index in [9.17, 15) is 0 Å². The van der Waals surface area contributed by atoms with Crippen LogP contribution in [0.5, 0.6) is 0 Å². The zero-order chi connectivity index (χ0) is 12.0. The highest BCUT2D eigenvalue weighted by molar-refractivity contribution is 4.88. The summed E-state index contributed by atoms with van der Waals surface area (Å²) in [6, 6.07) is 0.905. The topological polar surface area (TPSA) is 15.3 Å². The van der Waals surface area contributed by atoms with Crippen molar-refractivity contribution in [3.63, 3.8) is 0 Å². The van der Waals surface area contributed by atoms with Gasteiger partial charge >= 0.3 is 0 Å². The standard InChI is InChI=1S/C14H30N2/c1-5-10-15-11-14(4,6-2)12-16(7-3)13-8-9-13/h13,15H,5-12H2,1-4H3. The molecule has 0 aromatic heterocycles. The van der Waals surface area contributed by atoms with Crippen LogP contribution in [0, 0.1) is 5.41 Å². The van der Waals surface area contributed by atoms with Crippen LogP contribution >= 0.6 is 0 Å². The molecule has 0 heterocycles. The molecule has 0 amide bonds. The van der Waals surface area contributed by atoms with Crippen LogP contribution in [0.25, 0.3) is 0 Å². The molecule has 1 rings (SSSR count). The van der Waals surface area contributed by atoms with E-state index in [-0.39, 0.29) is 0 Å². The monoisotopic (exact) mass is 226 g/mol. The minimum absolute atomic E-state index is 0.452. The van der Waals surface area contributed by atoms with Crippen molar-refractivity contribution in [2.24, 2.45) is 5.41 Å². The van der Waals surface area contributed by atoms with Gasteiger partial charge in [0.15, 0.2) is 0 Å². The summed E-state index contributed by atoms with van der Waals surface area (Å²) in [5.74, 6) is 0. The quantitative estimate of drug-likeness (QED) is 0.608. The first-order chi connectivity index (χ1) is 7.65. The lowest BCUT2D eigenvalue weighted by Gasteiger charge is -2.35. The maximum absolute atomic E-state index is 3.59. The summed E-state index contributed by atoms with van der Waals surface area (Å²) in [6.45, 7) is 14.1. The van der Waals surface area contributed by atoms with Gasteiger partial charge in [0.1, 0.15) is 0 Å². The zero-order valence-electron chi connectivity index (χ0n) is 11.7. The summed E-state index contributed by atoms with van der Waals surface area (Å²) in [5.41, 5.74) is 0.452. The van der Waals surface area contributed by atoms with Crippen molar-refractivity contribution < 1.29 is 0 Å². The Morgan fingerprint density at radius 1 is 1.25 bits per heavy atom. The average Bonchev–Trinajstić information content (AvgIpc) is 3.10. The Morgan fingerprint density at radius 3 is 2.38 bits per heavy atom. The molecule has 0 spiro atoms. The molecule has 2 heteroatoms. The lowest BCUT2D eigenvalue weighted by molar-refractivity contribution is 0.154. The zero-order valence-corrected chi connectivity index (χ0v) is 11.7. The van der Waals surface area contributed by atoms with Gasteiger partial charge in [0, 0.05) is 19.1 Å². The number of hydrogen-bond acceptors (Lipinski definition) is 2. The van der Waals surface area contributed by atoms with Crippen LogP contribution in [0.3, 0.4) is 0 Å². The highest BCUT2D eigenvalue weighted by Crippen LogP contribution is 2.31. The van der Waals surface area contributed by atoms with E-state index in [4.69, 9.17) is 0 Å². The third-order valence-corrected chi connectivity index (χ3v) is 3.89. The van der Waals surface area contributed by atoms with Gasteiger partial charge in [0.2, 0.25) is 0 Å². The summed E-state index contributed by atoms with van der Waals surface area (Å²) in [5, 5.41) is 3.59. The average molecular weight is 226 g/mol. The van der Waals surface area contributed by atoms with Crippen LogP contribution in [0.4, 0.5) is 0 Å². The lowest BCUT2D eigenvalue weighted by Crippen LogP contribution is -2.43. The van der Waals surface area contributed by atoms with Crippen LogP contribution in [0.15, 0.2) is 0 Å². The highest BCUT2D eigenvalue weighted by Gasteiger charge is 2.33. The maximum Gasteiger partial charge on any atom is 0.00965 e. The Bertz CT molecular complexity index is 189. The van der Waals surface area contributed by atoms with Crippen LogP contribution < -0.4 is 5.32 Å². The molecule has 1 unspecified atom stereocenters. The van der Waals surface area contributed by atoms with Gasteiger partial charge in [-0.1, -0.05) is 27.7 Å². The van der Waals surface area contributed by atoms with Crippen LogP contribution in [0.1, 0.15) is 53.4 Å². The van der Waals surface area contributed by atoms with Crippen molar-refractivity contribution in [1.82, 2.24) is 10.2 Å². The maximum atomic E-state index is 3.59. The van der Waals surface area contributed by atoms with Crippen LogP contribution in [0.2, 0.25) is 0 Å². The Balaban J connectivity index is 2.37. The molecule has 0 saturated heterocycles. The molecule has 1 aliphatic carbocycles. The normalized spacial score (nSPS) is 20.1. The van der Waals surface area contributed by atoms with Crippen molar-refractivity contribution in [1.29, 1.82) is 0 Å². The van der Waals surface area contributed by atoms with Gasteiger partial charge < -0.3 is 10.2 Å². The number of nitrogens with zero attached hydrogens (tertiary/aromatic N) is 1. The van der Waals surface area contributed by atoms with Gasteiger partial charge in [-0.15, -0.1) is 0 Å². The summed E-state index contributed by atoms with van der Waals surface area (Å²) in [7, 11) is 0. The predicted octanol–water partition coefficient (Wildman–Crippen LogP) is 2.89. The van der Waals surface area contributed by atoms with Crippen molar-refractivity contribution in [2.45, 2.75) is 59.4 Å². The van der Waals surface area contributed by atoms with Crippen molar-refractivity contribution in [3.8, 4) is 0 Å². The molecule has 0 aliphatic heterocycles. The SMILES string of the molecule is CCCNCC(C)(CC)CN(CC)C1CC1.